The number of hydrogen-bond acceptors (Lipinski definition) is 6. The molecule has 2 aromatic heterocycles. The quantitative estimate of drug-likeness (QED) is 0.635. The van der Waals surface area contributed by atoms with Crippen molar-refractivity contribution in [2.75, 3.05) is 18.2 Å². The van der Waals surface area contributed by atoms with E-state index in [1.165, 1.54) is 18.9 Å². The summed E-state index contributed by atoms with van der Waals surface area (Å²) in [6.07, 6.45) is 3.21. The van der Waals surface area contributed by atoms with E-state index in [9.17, 15) is 4.79 Å². The van der Waals surface area contributed by atoms with E-state index < -0.39 is 0 Å². The van der Waals surface area contributed by atoms with Gasteiger partial charge < -0.3 is 19.0 Å². The normalized spacial score (nSPS) is 10.6. The van der Waals surface area contributed by atoms with Gasteiger partial charge in [0.1, 0.15) is 17.8 Å². The van der Waals surface area contributed by atoms with E-state index in [1.807, 2.05) is 16.7 Å². The Morgan fingerprint density at radius 2 is 2.32 bits per heavy atom. The van der Waals surface area contributed by atoms with E-state index in [1.54, 1.807) is 30.8 Å². The Labute approximate surface area is 153 Å². The Balaban J connectivity index is 1.60. The van der Waals surface area contributed by atoms with Crippen LogP contribution in [0.15, 0.2) is 52.5 Å². The highest BCUT2D eigenvalue weighted by atomic mass is 35.5. The van der Waals surface area contributed by atoms with Crippen LogP contribution in [0.2, 0.25) is 5.02 Å². The lowest BCUT2D eigenvalue weighted by Crippen LogP contribution is -2.15. The molecule has 1 N–H and O–H groups in total. The Morgan fingerprint density at radius 1 is 1.44 bits per heavy atom. The molecule has 0 unspecified atom stereocenters. The van der Waals surface area contributed by atoms with E-state index in [2.05, 4.69) is 15.5 Å². The topological polar surface area (TPSA) is 82.2 Å². The third-order valence-corrected chi connectivity index (χ3v) is 4.47. The summed E-state index contributed by atoms with van der Waals surface area (Å²) < 4.78 is 12.3. The number of amides is 1. The first-order valence-corrected chi connectivity index (χ1v) is 8.68. The van der Waals surface area contributed by atoms with Crippen LogP contribution in [0.3, 0.4) is 0 Å². The predicted octanol–water partition coefficient (Wildman–Crippen LogP) is 3.31. The lowest BCUT2D eigenvalue weighted by atomic mass is 10.3. The molecule has 1 aromatic carbocycles. The molecule has 0 fully saturated rings. The molecule has 0 saturated carbocycles. The number of hydrogen-bond donors (Lipinski definition) is 1. The zero-order valence-corrected chi connectivity index (χ0v) is 14.9. The summed E-state index contributed by atoms with van der Waals surface area (Å²) in [4.78, 5) is 12.2. The van der Waals surface area contributed by atoms with Gasteiger partial charge in [0, 0.05) is 5.02 Å². The van der Waals surface area contributed by atoms with Crippen molar-refractivity contribution >= 4 is 35.0 Å². The van der Waals surface area contributed by atoms with Crippen molar-refractivity contribution in [2.24, 2.45) is 0 Å². The third kappa shape index (κ3) is 4.55. The van der Waals surface area contributed by atoms with Gasteiger partial charge in [-0.05, 0) is 30.3 Å². The first-order chi connectivity index (χ1) is 12.2. The third-order valence-electron chi connectivity index (χ3n) is 3.25. The van der Waals surface area contributed by atoms with Gasteiger partial charge in [-0.1, -0.05) is 23.4 Å². The van der Waals surface area contributed by atoms with Gasteiger partial charge in [-0.15, -0.1) is 10.2 Å². The molecule has 130 valence electrons. The minimum Gasteiger partial charge on any atom is -0.495 e. The van der Waals surface area contributed by atoms with Crippen LogP contribution in [0, 0.1) is 0 Å². The van der Waals surface area contributed by atoms with E-state index in [4.69, 9.17) is 20.8 Å². The van der Waals surface area contributed by atoms with E-state index >= 15 is 0 Å². The van der Waals surface area contributed by atoms with Gasteiger partial charge in [-0.2, -0.15) is 0 Å². The first kappa shape index (κ1) is 17.4. The van der Waals surface area contributed by atoms with Crippen molar-refractivity contribution < 1.29 is 13.9 Å². The highest BCUT2D eigenvalue weighted by molar-refractivity contribution is 7.99. The number of aromatic nitrogens is 3. The lowest BCUT2D eigenvalue weighted by molar-refractivity contribution is -0.113. The number of benzene rings is 1. The maximum Gasteiger partial charge on any atom is 0.234 e. The number of thioether (sulfide) groups is 1. The molecule has 9 heteroatoms. The summed E-state index contributed by atoms with van der Waals surface area (Å²) >= 11 is 7.24. The van der Waals surface area contributed by atoms with Crippen molar-refractivity contribution in [3.8, 4) is 5.75 Å². The molecule has 0 atom stereocenters. The van der Waals surface area contributed by atoms with E-state index in [-0.39, 0.29) is 11.7 Å². The molecule has 0 bridgehead atoms. The van der Waals surface area contributed by atoms with Gasteiger partial charge in [-0.25, -0.2) is 0 Å². The molecule has 2 heterocycles. The monoisotopic (exact) mass is 378 g/mol. The summed E-state index contributed by atoms with van der Waals surface area (Å²) in [7, 11) is 1.53. The van der Waals surface area contributed by atoms with Crippen LogP contribution in [0.4, 0.5) is 5.69 Å². The van der Waals surface area contributed by atoms with Crippen LogP contribution in [-0.2, 0) is 11.3 Å². The lowest BCUT2D eigenvalue weighted by Gasteiger charge is -2.10. The summed E-state index contributed by atoms with van der Waals surface area (Å²) in [5, 5.41) is 11.8. The van der Waals surface area contributed by atoms with Crippen LogP contribution in [-0.4, -0.2) is 33.5 Å². The summed E-state index contributed by atoms with van der Waals surface area (Å²) in [5.74, 6) is 1.31. The molecule has 7 nitrogen and oxygen atoms in total. The van der Waals surface area contributed by atoms with Gasteiger partial charge in [-0.3, -0.25) is 4.79 Å². The maximum atomic E-state index is 12.2. The molecule has 0 spiro atoms. The molecule has 25 heavy (non-hydrogen) atoms. The number of rotatable bonds is 7. The summed E-state index contributed by atoms with van der Waals surface area (Å²) in [6, 6.07) is 8.72. The zero-order valence-electron chi connectivity index (χ0n) is 13.3. The number of ether oxygens (including phenoxy) is 1. The van der Waals surface area contributed by atoms with Gasteiger partial charge in [0.05, 0.1) is 31.4 Å². The second-order valence-electron chi connectivity index (χ2n) is 5.00. The van der Waals surface area contributed by atoms with Gasteiger partial charge in [0.25, 0.3) is 0 Å². The number of furan rings is 1. The average molecular weight is 379 g/mol. The van der Waals surface area contributed by atoms with Gasteiger partial charge in [0.2, 0.25) is 5.91 Å². The predicted molar refractivity (Wildman–Crippen MR) is 95.2 cm³/mol. The Hall–Kier alpha value is -2.45. The SMILES string of the molecule is COc1ccc(Cl)cc1NC(=O)CSc1nncn1Cc1ccco1. The molecule has 0 aliphatic rings. The molecule has 3 aromatic rings. The van der Waals surface area contributed by atoms with E-state index in [0.717, 1.165) is 5.76 Å². The number of carbonyl (C=O) groups is 1. The molecular formula is C16H15ClN4O3S. The molecule has 0 aliphatic carbocycles. The van der Waals surface area contributed by atoms with Crippen molar-refractivity contribution in [1.82, 2.24) is 14.8 Å². The van der Waals surface area contributed by atoms with Crippen LogP contribution in [0.5, 0.6) is 5.75 Å². The molecular weight excluding hydrogens is 364 g/mol. The number of carbonyl (C=O) groups excluding carboxylic acids is 1. The Kier molecular flexibility index (Phi) is 5.62. The van der Waals surface area contributed by atoms with Crippen molar-refractivity contribution in [2.45, 2.75) is 11.7 Å². The minimum atomic E-state index is -0.196. The van der Waals surface area contributed by atoms with Crippen LogP contribution >= 0.6 is 23.4 Å². The number of anilines is 1. The second kappa shape index (κ2) is 8.09. The van der Waals surface area contributed by atoms with Gasteiger partial charge in [0.15, 0.2) is 5.16 Å². The molecule has 0 aliphatic heterocycles. The molecule has 0 radical (unpaired) electrons. The highest BCUT2D eigenvalue weighted by Gasteiger charge is 2.12. The summed E-state index contributed by atoms with van der Waals surface area (Å²) in [5.41, 5.74) is 0.526. The standard InChI is InChI=1S/C16H15ClN4O3S/c1-23-14-5-4-11(17)7-13(14)19-15(22)9-25-16-20-18-10-21(16)8-12-3-2-6-24-12/h2-7,10H,8-9H2,1H3,(H,19,22). The van der Waals surface area contributed by atoms with E-state index in [0.29, 0.717) is 28.2 Å². The highest BCUT2D eigenvalue weighted by Crippen LogP contribution is 2.28. The number of halogens is 1. The zero-order chi connectivity index (χ0) is 17.6. The average Bonchev–Trinajstić information content (AvgIpc) is 3.26. The van der Waals surface area contributed by atoms with Gasteiger partial charge >= 0.3 is 0 Å². The van der Waals surface area contributed by atoms with Crippen molar-refractivity contribution in [3.63, 3.8) is 0 Å². The Morgan fingerprint density at radius 3 is 3.08 bits per heavy atom. The first-order valence-electron chi connectivity index (χ1n) is 7.32. The van der Waals surface area contributed by atoms with Crippen LogP contribution < -0.4 is 10.1 Å². The van der Waals surface area contributed by atoms with Crippen LogP contribution in [0.25, 0.3) is 0 Å². The smallest absolute Gasteiger partial charge is 0.234 e. The number of methoxy groups -OCH3 is 1. The molecule has 1 amide bonds. The van der Waals surface area contributed by atoms with Crippen LogP contribution in [0.1, 0.15) is 5.76 Å². The second-order valence-corrected chi connectivity index (χ2v) is 6.38. The minimum absolute atomic E-state index is 0.173. The summed E-state index contributed by atoms with van der Waals surface area (Å²) in [6.45, 7) is 0.506. The number of nitrogens with zero attached hydrogens (tertiary/aromatic N) is 3. The van der Waals surface area contributed by atoms with Crippen molar-refractivity contribution in [3.05, 3.63) is 53.7 Å². The fourth-order valence-electron chi connectivity index (χ4n) is 2.13. The Bertz CT molecular complexity index is 851. The molecule has 3 rings (SSSR count). The largest absolute Gasteiger partial charge is 0.495 e. The molecule has 0 saturated heterocycles. The maximum absolute atomic E-state index is 12.2. The van der Waals surface area contributed by atoms with Crippen molar-refractivity contribution in [1.29, 1.82) is 0 Å². The fraction of sp³-hybridized carbons (Fsp3) is 0.188. The number of nitrogens with one attached hydrogen (secondary N) is 1. The fourth-order valence-corrected chi connectivity index (χ4v) is 3.02.